The Morgan fingerprint density at radius 3 is 2.77 bits per heavy atom. The van der Waals surface area contributed by atoms with Gasteiger partial charge in [0.05, 0.1) is 28.6 Å². The summed E-state index contributed by atoms with van der Waals surface area (Å²) in [6, 6.07) is 2.95. The van der Waals surface area contributed by atoms with Gasteiger partial charge in [-0.3, -0.25) is 9.89 Å². The summed E-state index contributed by atoms with van der Waals surface area (Å²) in [5, 5.41) is 7.54. The van der Waals surface area contributed by atoms with Gasteiger partial charge < -0.3 is 24.0 Å². The molecule has 1 unspecified atom stereocenters. The van der Waals surface area contributed by atoms with E-state index in [1.54, 1.807) is 11.0 Å². The van der Waals surface area contributed by atoms with Crippen LogP contribution >= 0.6 is 23.2 Å². The van der Waals surface area contributed by atoms with Gasteiger partial charge in [0.15, 0.2) is 5.75 Å². The van der Waals surface area contributed by atoms with E-state index >= 15 is 0 Å². The number of aromatic amines is 1. The molecule has 5 heterocycles. The van der Waals surface area contributed by atoms with Crippen molar-refractivity contribution in [2.24, 2.45) is 0 Å². The minimum Gasteiger partial charge on any atom is -0.461 e. The number of carbonyl (C=O) groups is 1. The van der Waals surface area contributed by atoms with Crippen LogP contribution < -0.4 is 14.4 Å². The van der Waals surface area contributed by atoms with Crippen molar-refractivity contribution in [2.45, 2.75) is 18.9 Å². The molecule has 208 valence electrons. The highest BCUT2D eigenvalue weighted by atomic mass is 35.5. The molecule has 2 fully saturated rings. The number of carbonyl (C=O) groups excluding carboxylic acids is 1. The van der Waals surface area contributed by atoms with Gasteiger partial charge in [0.1, 0.15) is 33.9 Å². The highest BCUT2D eigenvalue weighted by molar-refractivity contribution is 6.33. The van der Waals surface area contributed by atoms with Crippen molar-refractivity contribution in [1.82, 2.24) is 30.0 Å². The Kier molecular flexibility index (Phi) is 7.30. The van der Waals surface area contributed by atoms with Gasteiger partial charge in [-0.25, -0.2) is 4.39 Å². The molecule has 1 atom stereocenters. The van der Waals surface area contributed by atoms with Crippen LogP contribution in [0.1, 0.15) is 12.8 Å². The fraction of sp³-hybridized carbons (Fsp3) is 0.346. The van der Waals surface area contributed by atoms with Crippen molar-refractivity contribution in [3.63, 3.8) is 0 Å². The minimum atomic E-state index is -0.692. The number of hydrogen-bond donors (Lipinski definition) is 1. The van der Waals surface area contributed by atoms with Crippen molar-refractivity contribution >= 4 is 56.7 Å². The molecule has 2 aliphatic heterocycles. The summed E-state index contributed by atoms with van der Waals surface area (Å²) < 4.78 is 32.4. The SMILES string of the molecule is C=CC(=O)N1CCN(c2nc(OCC3CCCO3)nc3c(Oc4c(Cl)c(F)cc5[nH]ncc45)nc(Cl)cc23)CC1. The molecule has 2 aliphatic rings. The molecule has 6 rings (SSSR count). The smallest absolute Gasteiger partial charge is 0.319 e. The predicted molar refractivity (Wildman–Crippen MR) is 147 cm³/mol. The summed E-state index contributed by atoms with van der Waals surface area (Å²) in [5.41, 5.74) is 0.685. The first kappa shape index (κ1) is 26.5. The third-order valence-corrected chi connectivity index (χ3v) is 7.41. The van der Waals surface area contributed by atoms with Crippen LogP contribution in [0.5, 0.6) is 17.6 Å². The molecule has 40 heavy (non-hydrogen) atoms. The van der Waals surface area contributed by atoms with Crippen LogP contribution in [0.25, 0.3) is 21.8 Å². The van der Waals surface area contributed by atoms with E-state index in [0.29, 0.717) is 60.4 Å². The second kappa shape index (κ2) is 11.0. The standard InChI is InChI=1S/C26H24Cl2FN7O4/c1-2-20(37)35-5-7-36(8-6-35)24-15-10-19(27)31-25(22(15)32-26(33-24)39-13-14-4-3-9-38-14)40-23-16-12-30-34-18(16)11-17(29)21(23)28/h2,10-12,14H,1,3-9,13H2,(H,30,34). The second-order valence-corrected chi connectivity index (χ2v) is 10.1. The van der Waals surface area contributed by atoms with Crippen LogP contribution in [0.15, 0.2) is 31.0 Å². The van der Waals surface area contributed by atoms with Crippen molar-refractivity contribution in [1.29, 1.82) is 0 Å². The molecule has 1 amide bonds. The zero-order chi connectivity index (χ0) is 27.8. The fourth-order valence-corrected chi connectivity index (χ4v) is 5.20. The molecular weight excluding hydrogens is 564 g/mol. The van der Waals surface area contributed by atoms with Crippen LogP contribution in [0.2, 0.25) is 10.2 Å². The summed E-state index contributed by atoms with van der Waals surface area (Å²) >= 11 is 12.7. The average molecular weight is 588 g/mol. The number of aromatic nitrogens is 5. The number of pyridine rings is 1. The van der Waals surface area contributed by atoms with Gasteiger partial charge in [0.2, 0.25) is 11.8 Å². The van der Waals surface area contributed by atoms with Gasteiger partial charge in [0, 0.05) is 38.9 Å². The van der Waals surface area contributed by atoms with E-state index < -0.39 is 5.82 Å². The normalized spacial score (nSPS) is 17.5. The molecule has 3 aromatic heterocycles. The zero-order valence-corrected chi connectivity index (χ0v) is 22.7. The molecule has 0 bridgehead atoms. The summed E-state index contributed by atoms with van der Waals surface area (Å²) in [6.45, 7) is 6.47. The lowest BCUT2D eigenvalue weighted by atomic mass is 10.2. The Hall–Kier alpha value is -3.74. The Balaban J connectivity index is 1.43. The quantitative estimate of drug-likeness (QED) is 0.245. The minimum absolute atomic E-state index is 0.0106. The van der Waals surface area contributed by atoms with Crippen LogP contribution in [0.4, 0.5) is 10.2 Å². The molecule has 0 radical (unpaired) electrons. The number of nitrogens with zero attached hydrogens (tertiary/aromatic N) is 6. The summed E-state index contributed by atoms with van der Waals surface area (Å²) in [6.07, 6.45) is 4.56. The molecule has 14 heteroatoms. The summed E-state index contributed by atoms with van der Waals surface area (Å²) in [7, 11) is 0. The maximum Gasteiger partial charge on any atom is 0.319 e. The van der Waals surface area contributed by atoms with Gasteiger partial charge in [-0.1, -0.05) is 29.8 Å². The largest absolute Gasteiger partial charge is 0.461 e. The first-order valence-corrected chi connectivity index (χ1v) is 13.4. The maximum absolute atomic E-state index is 14.6. The van der Waals surface area contributed by atoms with E-state index in [1.165, 1.54) is 18.3 Å². The molecule has 11 nitrogen and oxygen atoms in total. The van der Waals surface area contributed by atoms with E-state index in [2.05, 4.69) is 26.7 Å². The molecule has 1 aromatic carbocycles. The van der Waals surface area contributed by atoms with Gasteiger partial charge in [-0.05, 0) is 25.0 Å². The van der Waals surface area contributed by atoms with Crippen molar-refractivity contribution < 1.29 is 23.4 Å². The first-order valence-electron chi connectivity index (χ1n) is 12.7. The van der Waals surface area contributed by atoms with Crippen LogP contribution in [-0.4, -0.2) is 81.5 Å². The van der Waals surface area contributed by atoms with Crippen molar-refractivity contribution in [3.8, 4) is 17.6 Å². The van der Waals surface area contributed by atoms with Crippen LogP contribution in [-0.2, 0) is 9.53 Å². The van der Waals surface area contributed by atoms with Crippen molar-refractivity contribution in [3.05, 3.63) is 47.0 Å². The van der Waals surface area contributed by atoms with E-state index in [4.69, 9.17) is 42.4 Å². The zero-order valence-electron chi connectivity index (χ0n) is 21.2. The number of nitrogens with one attached hydrogen (secondary N) is 1. The molecule has 4 aromatic rings. The van der Waals surface area contributed by atoms with E-state index in [-0.39, 0.29) is 46.4 Å². The fourth-order valence-electron chi connectivity index (χ4n) is 4.82. The van der Waals surface area contributed by atoms with Crippen LogP contribution in [0.3, 0.4) is 0 Å². The Morgan fingerprint density at radius 1 is 1.20 bits per heavy atom. The average Bonchev–Trinajstić information content (AvgIpc) is 3.66. The van der Waals surface area contributed by atoms with Crippen molar-refractivity contribution in [2.75, 3.05) is 44.3 Å². The monoisotopic (exact) mass is 587 g/mol. The van der Waals surface area contributed by atoms with Gasteiger partial charge in [-0.15, -0.1) is 0 Å². The predicted octanol–water partition coefficient (Wildman–Crippen LogP) is 4.53. The van der Waals surface area contributed by atoms with E-state index in [0.717, 1.165) is 12.8 Å². The van der Waals surface area contributed by atoms with Gasteiger partial charge >= 0.3 is 6.01 Å². The third kappa shape index (κ3) is 5.09. The topological polar surface area (TPSA) is 119 Å². The van der Waals surface area contributed by atoms with E-state index in [9.17, 15) is 9.18 Å². The van der Waals surface area contributed by atoms with Gasteiger partial charge in [0.25, 0.3) is 0 Å². The third-order valence-electron chi connectivity index (χ3n) is 6.86. The lowest BCUT2D eigenvalue weighted by Gasteiger charge is -2.35. The summed E-state index contributed by atoms with van der Waals surface area (Å²) in [4.78, 5) is 29.5. The number of rotatable bonds is 7. The Labute approximate surface area is 237 Å². The second-order valence-electron chi connectivity index (χ2n) is 9.37. The molecule has 0 saturated carbocycles. The number of fused-ring (bicyclic) bond motifs is 2. The number of hydrogen-bond acceptors (Lipinski definition) is 9. The number of anilines is 1. The molecule has 0 aliphatic carbocycles. The molecule has 0 spiro atoms. The lowest BCUT2D eigenvalue weighted by molar-refractivity contribution is -0.126. The first-order chi connectivity index (χ1) is 19.4. The number of halogens is 3. The number of H-pyrrole nitrogens is 1. The van der Waals surface area contributed by atoms with E-state index in [1.807, 2.05) is 4.90 Å². The molecule has 1 N–H and O–H groups in total. The molecule has 2 saturated heterocycles. The highest BCUT2D eigenvalue weighted by Gasteiger charge is 2.26. The summed E-state index contributed by atoms with van der Waals surface area (Å²) in [5.74, 6) is -0.287. The number of amides is 1. The molecular formula is C26H24Cl2FN7O4. The number of piperazine rings is 1. The Bertz CT molecular complexity index is 1600. The van der Waals surface area contributed by atoms with Crippen LogP contribution in [0, 0.1) is 5.82 Å². The highest BCUT2D eigenvalue weighted by Crippen LogP contribution is 2.41. The lowest BCUT2D eigenvalue weighted by Crippen LogP contribution is -2.48. The van der Waals surface area contributed by atoms with Gasteiger partial charge in [-0.2, -0.15) is 20.1 Å². The Morgan fingerprint density at radius 2 is 2.02 bits per heavy atom. The number of ether oxygens (including phenoxy) is 3. The number of benzene rings is 1. The maximum atomic E-state index is 14.6.